The molecule has 0 unspecified atom stereocenters. The average Bonchev–Trinajstić information content (AvgIpc) is 2.49. The summed E-state index contributed by atoms with van der Waals surface area (Å²) >= 11 is 17.9. The van der Waals surface area contributed by atoms with E-state index in [-0.39, 0.29) is 5.75 Å². The van der Waals surface area contributed by atoms with Gasteiger partial charge in [-0.3, -0.25) is 5.43 Å². The molecule has 2 rings (SSSR count). The van der Waals surface area contributed by atoms with Crippen LogP contribution in [0.3, 0.4) is 0 Å². The molecule has 0 saturated carbocycles. The molecule has 0 aliphatic rings. The van der Waals surface area contributed by atoms with Gasteiger partial charge >= 0.3 is 0 Å². The zero-order chi connectivity index (χ0) is 16.8. The molecule has 0 aliphatic carbocycles. The molecule has 0 fully saturated rings. The van der Waals surface area contributed by atoms with Crippen molar-refractivity contribution >= 4 is 46.7 Å². The molecule has 0 radical (unpaired) electrons. The number of phenols is 1. The lowest BCUT2D eigenvalue weighted by Gasteiger charge is -2.07. The highest BCUT2D eigenvalue weighted by atomic mass is 35.5. The first kappa shape index (κ1) is 17.7. The minimum Gasteiger partial charge on any atom is -0.507 e. The third-order valence-corrected chi connectivity index (χ3v) is 3.68. The predicted octanol–water partition coefficient (Wildman–Crippen LogP) is 5.59. The standard InChI is InChI=1S/C16H15Cl3N2O2/c1-2-5-23-12-4-3-10(15(22)8-12)9-20-21-16-13(18)6-11(17)7-14(16)19/h3-4,6-9,21-22H,2,5H2,1H3/b20-9+. The fraction of sp³-hybridized carbons (Fsp3) is 0.188. The molecule has 2 aromatic carbocycles. The molecule has 0 atom stereocenters. The van der Waals surface area contributed by atoms with Crippen LogP contribution in [0, 0.1) is 0 Å². The van der Waals surface area contributed by atoms with E-state index in [1.807, 2.05) is 6.92 Å². The van der Waals surface area contributed by atoms with E-state index in [4.69, 9.17) is 39.5 Å². The van der Waals surface area contributed by atoms with Crippen molar-refractivity contribution in [1.82, 2.24) is 0 Å². The van der Waals surface area contributed by atoms with Gasteiger partial charge in [0.15, 0.2) is 0 Å². The Kier molecular flexibility index (Phi) is 6.39. The number of aromatic hydroxyl groups is 1. The Labute approximate surface area is 149 Å². The normalized spacial score (nSPS) is 11.0. The molecule has 23 heavy (non-hydrogen) atoms. The highest BCUT2D eigenvalue weighted by Gasteiger charge is 2.07. The van der Waals surface area contributed by atoms with Crippen LogP contribution in [0.1, 0.15) is 18.9 Å². The molecule has 0 saturated heterocycles. The molecule has 7 heteroatoms. The van der Waals surface area contributed by atoms with Crippen LogP contribution in [0.25, 0.3) is 0 Å². The Hall–Kier alpha value is -1.62. The van der Waals surface area contributed by atoms with Crippen molar-refractivity contribution in [3.05, 3.63) is 51.0 Å². The topological polar surface area (TPSA) is 53.8 Å². The fourth-order valence-electron chi connectivity index (χ4n) is 1.76. The van der Waals surface area contributed by atoms with Crippen LogP contribution in [0.5, 0.6) is 11.5 Å². The van der Waals surface area contributed by atoms with Gasteiger partial charge in [-0.15, -0.1) is 0 Å². The van der Waals surface area contributed by atoms with Gasteiger partial charge in [0.05, 0.1) is 28.6 Å². The maximum Gasteiger partial charge on any atom is 0.128 e. The van der Waals surface area contributed by atoms with Gasteiger partial charge in [0.2, 0.25) is 0 Å². The van der Waals surface area contributed by atoms with Gasteiger partial charge in [-0.05, 0) is 30.7 Å². The van der Waals surface area contributed by atoms with Crippen molar-refractivity contribution in [1.29, 1.82) is 0 Å². The van der Waals surface area contributed by atoms with E-state index >= 15 is 0 Å². The van der Waals surface area contributed by atoms with Crippen LogP contribution in [-0.4, -0.2) is 17.9 Å². The molecule has 0 amide bonds. The van der Waals surface area contributed by atoms with Gasteiger partial charge < -0.3 is 9.84 Å². The minimum atomic E-state index is 0.0671. The first-order valence-electron chi connectivity index (χ1n) is 6.90. The van der Waals surface area contributed by atoms with E-state index < -0.39 is 0 Å². The van der Waals surface area contributed by atoms with E-state index in [2.05, 4.69) is 10.5 Å². The summed E-state index contributed by atoms with van der Waals surface area (Å²) in [5.74, 6) is 0.677. The van der Waals surface area contributed by atoms with Gasteiger partial charge in [-0.1, -0.05) is 41.7 Å². The van der Waals surface area contributed by atoms with Crippen molar-refractivity contribution in [2.45, 2.75) is 13.3 Å². The van der Waals surface area contributed by atoms with E-state index in [1.54, 1.807) is 30.3 Å². The first-order chi connectivity index (χ1) is 11.0. The average molecular weight is 374 g/mol. The summed E-state index contributed by atoms with van der Waals surface area (Å²) < 4.78 is 5.44. The number of halogens is 3. The van der Waals surface area contributed by atoms with Crippen molar-refractivity contribution < 1.29 is 9.84 Å². The number of hydrazone groups is 1. The van der Waals surface area contributed by atoms with Crippen LogP contribution in [0.4, 0.5) is 5.69 Å². The van der Waals surface area contributed by atoms with Gasteiger partial charge in [0, 0.05) is 16.7 Å². The van der Waals surface area contributed by atoms with E-state index in [9.17, 15) is 5.11 Å². The Morgan fingerprint density at radius 1 is 1.17 bits per heavy atom. The largest absolute Gasteiger partial charge is 0.507 e. The number of phenolic OH excluding ortho intramolecular Hbond substituents is 1. The molecule has 0 aromatic heterocycles. The molecular weight excluding hydrogens is 359 g/mol. The highest BCUT2D eigenvalue weighted by Crippen LogP contribution is 2.33. The van der Waals surface area contributed by atoms with Gasteiger partial charge in [-0.25, -0.2) is 0 Å². The first-order valence-corrected chi connectivity index (χ1v) is 8.04. The second kappa shape index (κ2) is 8.29. The summed E-state index contributed by atoms with van der Waals surface area (Å²) in [6, 6.07) is 8.13. The van der Waals surface area contributed by atoms with Crippen LogP contribution in [0.15, 0.2) is 35.4 Å². The van der Waals surface area contributed by atoms with Gasteiger partial charge in [0.1, 0.15) is 11.5 Å². The fourth-order valence-corrected chi connectivity index (χ4v) is 2.66. The molecule has 4 nitrogen and oxygen atoms in total. The number of rotatable bonds is 6. The van der Waals surface area contributed by atoms with Crippen molar-refractivity contribution in [2.75, 3.05) is 12.0 Å². The third kappa shape index (κ3) is 4.93. The monoisotopic (exact) mass is 372 g/mol. The van der Waals surface area contributed by atoms with E-state index in [0.29, 0.717) is 38.7 Å². The second-order valence-electron chi connectivity index (χ2n) is 4.68. The summed E-state index contributed by atoms with van der Waals surface area (Å²) in [6.45, 7) is 2.61. The number of nitrogens with zero attached hydrogens (tertiary/aromatic N) is 1. The maximum atomic E-state index is 9.96. The summed E-state index contributed by atoms with van der Waals surface area (Å²) in [5, 5.41) is 15.1. The second-order valence-corrected chi connectivity index (χ2v) is 5.93. The summed E-state index contributed by atoms with van der Waals surface area (Å²) in [6.07, 6.45) is 2.36. The molecular formula is C16H15Cl3N2O2. The number of anilines is 1. The summed E-state index contributed by atoms with van der Waals surface area (Å²) in [4.78, 5) is 0. The summed E-state index contributed by atoms with van der Waals surface area (Å²) in [7, 11) is 0. The zero-order valence-corrected chi connectivity index (χ0v) is 14.6. The van der Waals surface area contributed by atoms with Gasteiger partial charge in [0.25, 0.3) is 0 Å². The smallest absolute Gasteiger partial charge is 0.128 e. The van der Waals surface area contributed by atoms with Crippen LogP contribution >= 0.6 is 34.8 Å². The van der Waals surface area contributed by atoms with E-state index in [0.717, 1.165) is 6.42 Å². The maximum absolute atomic E-state index is 9.96. The highest BCUT2D eigenvalue weighted by molar-refractivity contribution is 6.41. The minimum absolute atomic E-state index is 0.0671. The lowest BCUT2D eigenvalue weighted by Crippen LogP contribution is -1.96. The Bertz CT molecular complexity index is 697. The zero-order valence-electron chi connectivity index (χ0n) is 12.3. The molecule has 2 N–H and O–H groups in total. The molecule has 0 heterocycles. The molecule has 0 spiro atoms. The molecule has 122 valence electrons. The SMILES string of the molecule is CCCOc1ccc(/C=N/Nc2c(Cl)cc(Cl)cc2Cl)c(O)c1. The quantitative estimate of drug-likeness (QED) is 0.513. The lowest BCUT2D eigenvalue weighted by atomic mass is 10.2. The number of hydrogen-bond donors (Lipinski definition) is 2. The number of ether oxygens (including phenoxy) is 1. The third-order valence-electron chi connectivity index (χ3n) is 2.86. The Morgan fingerprint density at radius 2 is 1.87 bits per heavy atom. The van der Waals surface area contributed by atoms with Gasteiger partial charge in [-0.2, -0.15) is 5.10 Å². The molecule has 2 aromatic rings. The number of hydrogen-bond acceptors (Lipinski definition) is 4. The van der Waals surface area contributed by atoms with Crippen molar-refractivity contribution in [3.63, 3.8) is 0 Å². The Balaban J connectivity index is 2.09. The van der Waals surface area contributed by atoms with Crippen molar-refractivity contribution in [3.8, 4) is 11.5 Å². The van der Waals surface area contributed by atoms with Crippen LogP contribution in [0.2, 0.25) is 15.1 Å². The van der Waals surface area contributed by atoms with Crippen LogP contribution < -0.4 is 10.2 Å². The van der Waals surface area contributed by atoms with Crippen molar-refractivity contribution in [2.24, 2.45) is 5.10 Å². The summed E-state index contributed by atoms with van der Waals surface area (Å²) in [5.41, 5.74) is 3.71. The van der Waals surface area contributed by atoms with Crippen LogP contribution in [-0.2, 0) is 0 Å². The van der Waals surface area contributed by atoms with E-state index in [1.165, 1.54) is 6.21 Å². The predicted molar refractivity (Wildman–Crippen MR) is 96.6 cm³/mol. The lowest BCUT2D eigenvalue weighted by molar-refractivity contribution is 0.315. The molecule has 0 bridgehead atoms. The molecule has 0 aliphatic heterocycles. The number of nitrogens with one attached hydrogen (secondary N) is 1. The Morgan fingerprint density at radius 3 is 2.48 bits per heavy atom. The number of benzene rings is 2.